The van der Waals surface area contributed by atoms with E-state index in [0.717, 1.165) is 43.3 Å². The van der Waals surface area contributed by atoms with Crippen LogP contribution in [-0.4, -0.2) is 59.0 Å². The van der Waals surface area contributed by atoms with E-state index in [4.69, 9.17) is 0 Å². The van der Waals surface area contributed by atoms with Gasteiger partial charge in [0.05, 0.1) is 11.0 Å². The van der Waals surface area contributed by atoms with Crippen molar-refractivity contribution in [2.24, 2.45) is 11.3 Å². The molecule has 0 radical (unpaired) electrons. The van der Waals surface area contributed by atoms with Crippen molar-refractivity contribution in [2.45, 2.75) is 37.1 Å². The molecule has 6 heteroatoms. The number of nitrogens with zero attached hydrogens (tertiary/aromatic N) is 3. The number of carbonyl (C=O) groups is 2. The number of hydrogen-bond acceptors (Lipinski definition) is 4. The third kappa shape index (κ3) is 3.16. The van der Waals surface area contributed by atoms with Gasteiger partial charge in [0.15, 0.2) is 0 Å². The molecule has 1 unspecified atom stereocenters. The summed E-state index contributed by atoms with van der Waals surface area (Å²) in [6.07, 6.45) is 8.95. The molecule has 1 atom stereocenters. The highest BCUT2D eigenvalue weighted by molar-refractivity contribution is 7.98. The third-order valence-electron chi connectivity index (χ3n) is 5.84. The summed E-state index contributed by atoms with van der Waals surface area (Å²) in [6, 6.07) is 3.65. The highest BCUT2D eigenvalue weighted by Gasteiger charge is 2.50. The number of hydrogen-bond donors (Lipinski definition) is 0. The molecule has 3 heterocycles. The number of aromatic nitrogens is 1. The lowest BCUT2D eigenvalue weighted by molar-refractivity contribution is -0.145. The van der Waals surface area contributed by atoms with E-state index >= 15 is 0 Å². The Hall–Kier alpha value is -1.56. The minimum absolute atomic E-state index is 0.0152. The standard InChI is InChI=1S/C19H25N3O2S/c1-25-16-15(4-2-9-20-16)17(23)22-11-8-19(13-22)7-3-10-21(18(19)24)12-14-5-6-14/h2,4,9,14H,3,5-8,10-13H2,1H3. The average molecular weight is 359 g/mol. The van der Waals surface area contributed by atoms with E-state index in [2.05, 4.69) is 9.88 Å². The molecule has 2 aliphatic heterocycles. The first kappa shape index (κ1) is 16.9. The van der Waals surface area contributed by atoms with E-state index in [0.29, 0.717) is 18.7 Å². The van der Waals surface area contributed by atoms with Gasteiger partial charge in [-0.1, -0.05) is 0 Å². The molecular formula is C19H25N3O2S. The molecule has 1 aromatic heterocycles. The molecule has 3 fully saturated rings. The topological polar surface area (TPSA) is 53.5 Å². The van der Waals surface area contributed by atoms with Crippen molar-refractivity contribution in [1.29, 1.82) is 0 Å². The number of pyridine rings is 1. The Kier molecular flexibility index (Phi) is 4.48. The predicted octanol–water partition coefficient (Wildman–Crippen LogP) is 2.67. The SMILES string of the molecule is CSc1ncccc1C(=O)N1CCC2(CCCN(CC3CC3)C2=O)C1. The smallest absolute Gasteiger partial charge is 0.256 e. The van der Waals surface area contributed by atoms with Crippen molar-refractivity contribution in [1.82, 2.24) is 14.8 Å². The van der Waals surface area contributed by atoms with Gasteiger partial charge < -0.3 is 9.80 Å². The summed E-state index contributed by atoms with van der Waals surface area (Å²) >= 11 is 1.49. The first-order valence-electron chi connectivity index (χ1n) is 9.21. The van der Waals surface area contributed by atoms with E-state index < -0.39 is 0 Å². The lowest BCUT2D eigenvalue weighted by Gasteiger charge is -2.39. The maximum atomic E-state index is 13.1. The number of carbonyl (C=O) groups excluding carboxylic acids is 2. The molecule has 134 valence electrons. The zero-order valence-electron chi connectivity index (χ0n) is 14.7. The largest absolute Gasteiger partial charge is 0.342 e. The van der Waals surface area contributed by atoms with Crippen LogP contribution in [0.5, 0.6) is 0 Å². The van der Waals surface area contributed by atoms with Gasteiger partial charge in [-0.25, -0.2) is 4.98 Å². The second kappa shape index (κ2) is 6.63. The van der Waals surface area contributed by atoms with Gasteiger partial charge in [-0.05, 0) is 56.4 Å². The van der Waals surface area contributed by atoms with Crippen molar-refractivity contribution < 1.29 is 9.59 Å². The van der Waals surface area contributed by atoms with Crippen LogP contribution in [0.3, 0.4) is 0 Å². The molecule has 4 rings (SSSR count). The Labute approximate surface area is 153 Å². The molecule has 1 aliphatic carbocycles. The van der Waals surface area contributed by atoms with Crippen molar-refractivity contribution in [2.75, 3.05) is 32.4 Å². The summed E-state index contributed by atoms with van der Waals surface area (Å²) in [7, 11) is 0. The molecule has 0 aromatic carbocycles. The van der Waals surface area contributed by atoms with Gasteiger partial charge in [0.1, 0.15) is 5.03 Å². The average Bonchev–Trinajstić information content (AvgIpc) is 3.36. The maximum Gasteiger partial charge on any atom is 0.256 e. The van der Waals surface area contributed by atoms with Crippen LogP contribution in [0, 0.1) is 11.3 Å². The van der Waals surface area contributed by atoms with Gasteiger partial charge in [-0.3, -0.25) is 9.59 Å². The van der Waals surface area contributed by atoms with Crippen LogP contribution < -0.4 is 0 Å². The van der Waals surface area contributed by atoms with Crippen LogP contribution >= 0.6 is 11.8 Å². The summed E-state index contributed by atoms with van der Waals surface area (Å²) in [6.45, 7) is 3.05. The predicted molar refractivity (Wildman–Crippen MR) is 97.5 cm³/mol. The molecule has 2 saturated heterocycles. The Bertz CT molecular complexity index is 691. The lowest BCUT2D eigenvalue weighted by Crippen LogP contribution is -2.51. The number of thioether (sulfide) groups is 1. The summed E-state index contributed by atoms with van der Waals surface area (Å²) in [5.74, 6) is 1.02. The second-order valence-corrected chi connectivity index (χ2v) is 8.41. The Balaban J connectivity index is 1.50. The van der Waals surface area contributed by atoms with Crippen LogP contribution in [0.15, 0.2) is 23.4 Å². The van der Waals surface area contributed by atoms with Crippen LogP contribution in [0.4, 0.5) is 0 Å². The fourth-order valence-electron chi connectivity index (χ4n) is 4.25. The fourth-order valence-corrected chi connectivity index (χ4v) is 4.79. The third-order valence-corrected chi connectivity index (χ3v) is 6.55. The van der Waals surface area contributed by atoms with E-state index in [9.17, 15) is 9.59 Å². The zero-order chi connectivity index (χ0) is 17.4. The molecule has 2 amide bonds. The quantitative estimate of drug-likeness (QED) is 0.776. The molecule has 0 bridgehead atoms. The van der Waals surface area contributed by atoms with Gasteiger partial charge in [0.25, 0.3) is 5.91 Å². The van der Waals surface area contributed by atoms with Crippen LogP contribution in [0.2, 0.25) is 0 Å². The van der Waals surface area contributed by atoms with Crippen LogP contribution in [-0.2, 0) is 4.79 Å². The number of amides is 2. The molecule has 0 N–H and O–H groups in total. The summed E-state index contributed by atoms with van der Waals surface area (Å²) in [4.78, 5) is 34.3. The minimum Gasteiger partial charge on any atom is -0.342 e. The maximum absolute atomic E-state index is 13.1. The highest BCUT2D eigenvalue weighted by Crippen LogP contribution is 2.42. The number of rotatable bonds is 4. The number of likely N-dealkylation sites (tertiary alicyclic amines) is 2. The first-order valence-corrected chi connectivity index (χ1v) is 10.4. The Morgan fingerprint density at radius 1 is 1.36 bits per heavy atom. The second-order valence-electron chi connectivity index (χ2n) is 7.62. The summed E-state index contributed by atoms with van der Waals surface area (Å²) in [5, 5.41) is 0.763. The van der Waals surface area contributed by atoms with E-state index in [-0.39, 0.29) is 17.2 Å². The van der Waals surface area contributed by atoms with E-state index in [1.54, 1.807) is 6.20 Å². The molecule has 25 heavy (non-hydrogen) atoms. The summed E-state index contributed by atoms with van der Waals surface area (Å²) < 4.78 is 0. The van der Waals surface area contributed by atoms with E-state index in [1.807, 2.05) is 23.3 Å². The minimum atomic E-state index is -0.343. The lowest BCUT2D eigenvalue weighted by atomic mass is 9.78. The zero-order valence-corrected chi connectivity index (χ0v) is 15.6. The normalized spacial score (nSPS) is 26.5. The summed E-state index contributed by atoms with van der Waals surface area (Å²) in [5.41, 5.74) is 0.315. The van der Waals surface area contributed by atoms with Crippen LogP contribution in [0.25, 0.3) is 0 Å². The van der Waals surface area contributed by atoms with Crippen LogP contribution in [0.1, 0.15) is 42.5 Å². The van der Waals surface area contributed by atoms with Crippen molar-refractivity contribution in [3.63, 3.8) is 0 Å². The van der Waals surface area contributed by atoms with Crippen molar-refractivity contribution >= 4 is 23.6 Å². The Morgan fingerprint density at radius 3 is 2.96 bits per heavy atom. The molecule has 1 aromatic rings. The molecule has 1 saturated carbocycles. The van der Waals surface area contributed by atoms with Gasteiger partial charge >= 0.3 is 0 Å². The van der Waals surface area contributed by atoms with Crippen molar-refractivity contribution in [3.8, 4) is 0 Å². The first-order chi connectivity index (χ1) is 12.1. The Morgan fingerprint density at radius 2 is 2.20 bits per heavy atom. The molecule has 3 aliphatic rings. The monoisotopic (exact) mass is 359 g/mol. The van der Waals surface area contributed by atoms with Crippen molar-refractivity contribution in [3.05, 3.63) is 23.9 Å². The highest BCUT2D eigenvalue weighted by atomic mass is 32.2. The van der Waals surface area contributed by atoms with Gasteiger partial charge in [0, 0.05) is 32.4 Å². The van der Waals surface area contributed by atoms with Gasteiger partial charge in [-0.2, -0.15) is 0 Å². The fraction of sp³-hybridized carbons (Fsp3) is 0.632. The van der Waals surface area contributed by atoms with Gasteiger partial charge in [-0.15, -0.1) is 11.8 Å². The molecular weight excluding hydrogens is 334 g/mol. The van der Waals surface area contributed by atoms with Gasteiger partial charge in [0.2, 0.25) is 5.91 Å². The molecule has 5 nitrogen and oxygen atoms in total. The molecule has 1 spiro atoms. The van der Waals surface area contributed by atoms with E-state index in [1.165, 1.54) is 24.6 Å². The number of piperidine rings is 1.